The van der Waals surface area contributed by atoms with Crippen molar-refractivity contribution in [2.45, 2.75) is 26.0 Å². The number of para-hydroxylation sites is 2. The number of hydrogen-bond acceptors (Lipinski definition) is 7. The van der Waals surface area contributed by atoms with E-state index >= 15 is 0 Å². The van der Waals surface area contributed by atoms with Gasteiger partial charge in [-0.3, -0.25) is 0 Å². The Balaban J connectivity index is 1.77. The monoisotopic (exact) mass is 410 g/mol. The molecule has 0 radical (unpaired) electrons. The molecular formula is C22H22N2O6. The van der Waals surface area contributed by atoms with Crippen molar-refractivity contribution in [3.8, 4) is 5.75 Å². The van der Waals surface area contributed by atoms with Gasteiger partial charge in [-0.2, -0.15) is 0 Å². The molecule has 3 aromatic rings. The van der Waals surface area contributed by atoms with E-state index in [1.54, 1.807) is 13.8 Å². The minimum atomic E-state index is -0.804. The molecule has 1 aromatic heterocycles. The molecule has 0 fully saturated rings. The summed E-state index contributed by atoms with van der Waals surface area (Å²) in [5.41, 5.74) is 2.96. The Hall–Kier alpha value is -3.68. The first-order valence-electron chi connectivity index (χ1n) is 9.76. The predicted octanol–water partition coefficient (Wildman–Crippen LogP) is 5.08. The summed E-state index contributed by atoms with van der Waals surface area (Å²) >= 11 is 0. The molecule has 2 unspecified atom stereocenters. The topological polar surface area (TPSA) is 98.9 Å². The zero-order chi connectivity index (χ0) is 21.1. The predicted molar refractivity (Wildman–Crippen MR) is 110 cm³/mol. The minimum absolute atomic E-state index is 0.193. The maximum absolute atomic E-state index is 12.1. The van der Waals surface area contributed by atoms with E-state index in [1.807, 2.05) is 48.5 Å². The molecule has 156 valence electrons. The van der Waals surface area contributed by atoms with Gasteiger partial charge in [0.25, 0.3) is 0 Å². The molecule has 1 aliphatic rings. The SMILES string of the molecule is CCOC(=O)Oc1c(C2Nc3ccccc3C2OC(=O)OCC)[nH]c2ccccc12. The highest BCUT2D eigenvalue weighted by Gasteiger charge is 2.40. The zero-order valence-corrected chi connectivity index (χ0v) is 16.6. The van der Waals surface area contributed by atoms with Crippen LogP contribution >= 0.6 is 0 Å². The molecule has 8 nitrogen and oxygen atoms in total. The molecule has 0 bridgehead atoms. The number of hydrogen-bond donors (Lipinski definition) is 2. The fourth-order valence-corrected chi connectivity index (χ4v) is 3.61. The van der Waals surface area contributed by atoms with Gasteiger partial charge in [0.2, 0.25) is 0 Å². The van der Waals surface area contributed by atoms with Gasteiger partial charge in [0.1, 0.15) is 6.04 Å². The number of aromatic amines is 1. The third-order valence-electron chi connectivity index (χ3n) is 4.81. The summed E-state index contributed by atoms with van der Waals surface area (Å²) in [5, 5.41) is 4.07. The van der Waals surface area contributed by atoms with Crippen LogP contribution in [0.2, 0.25) is 0 Å². The van der Waals surface area contributed by atoms with E-state index in [-0.39, 0.29) is 13.2 Å². The van der Waals surface area contributed by atoms with Gasteiger partial charge in [0.15, 0.2) is 11.9 Å². The van der Waals surface area contributed by atoms with Crippen LogP contribution in [0.25, 0.3) is 10.9 Å². The summed E-state index contributed by atoms with van der Waals surface area (Å²) in [6.45, 7) is 3.81. The van der Waals surface area contributed by atoms with Crippen LogP contribution in [0.5, 0.6) is 5.75 Å². The van der Waals surface area contributed by atoms with Crippen molar-refractivity contribution in [1.29, 1.82) is 0 Å². The van der Waals surface area contributed by atoms with Crippen LogP contribution in [-0.4, -0.2) is 30.5 Å². The van der Waals surface area contributed by atoms with E-state index in [0.717, 1.165) is 16.8 Å². The number of carbonyl (C=O) groups is 2. The van der Waals surface area contributed by atoms with Crippen molar-refractivity contribution in [1.82, 2.24) is 4.98 Å². The fourth-order valence-electron chi connectivity index (χ4n) is 3.61. The second-order valence-corrected chi connectivity index (χ2v) is 6.63. The van der Waals surface area contributed by atoms with Crippen molar-refractivity contribution in [3.05, 3.63) is 59.8 Å². The average Bonchev–Trinajstić information content (AvgIpc) is 3.27. The molecule has 0 aliphatic carbocycles. The Morgan fingerprint density at radius 2 is 1.63 bits per heavy atom. The van der Waals surface area contributed by atoms with Crippen molar-refractivity contribution in [2.24, 2.45) is 0 Å². The van der Waals surface area contributed by atoms with E-state index in [1.165, 1.54) is 0 Å². The van der Waals surface area contributed by atoms with Crippen LogP contribution in [0.1, 0.15) is 37.3 Å². The zero-order valence-electron chi connectivity index (χ0n) is 16.6. The van der Waals surface area contributed by atoms with Crippen LogP contribution in [-0.2, 0) is 14.2 Å². The number of H-pyrrole nitrogens is 1. The molecule has 0 spiro atoms. The summed E-state index contributed by atoms with van der Waals surface area (Å²) in [5.74, 6) is 0.326. The highest BCUT2D eigenvalue weighted by atomic mass is 16.7. The van der Waals surface area contributed by atoms with Gasteiger partial charge in [-0.1, -0.05) is 30.3 Å². The molecule has 2 heterocycles. The van der Waals surface area contributed by atoms with Gasteiger partial charge in [-0.15, -0.1) is 0 Å². The lowest BCUT2D eigenvalue weighted by atomic mass is 10.0. The van der Waals surface area contributed by atoms with E-state index < -0.39 is 24.5 Å². The quantitative estimate of drug-likeness (QED) is 0.566. The van der Waals surface area contributed by atoms with Crippen LogP contribution in [0.4, 0.5) is 15.3 Å². The van der Waals surface area contributed by atoms with Crippen LogP contribution in [0.15, 0.2) is 48.5 Å². The molecule has 2 aromatic carbocycles. The third-order valence-corrected chi connectivity index (χ3v) is 4.81. The standard InChI is InChI=1S/C22H22N2O6/c1-3-27-21(25)29-19-13-9-5-7-11-15(13)23-17(19)18-20(30-22(26)28-4-2)14-10-6-8-12-16(14)24-18/h5-12,17,19,23-24H,3-4H2,1-2H3. The maximum atomic E-state index is 12.1. The lowest BCUT2D eigenvalue weighted by Crippen LogP contribution is -2.20. The second kappa shape index (κ2) is 8.36. The summed E-state index contributed by atoms with van der Waals surface area (Å²) in [4.78, 5) is 27.5. The lowest BCUT2D eigenvalue weighted by molar-refractivity contribution is 0.0210. The Morgan fingerprint density at radius 3 is 2.43 bits per heavy atom. The molecule has 1 aliphatic heterocycles. The van der Waals surface area contributed by atoms with Crippen molar-refractivity contribution in [2.75, 3.05) is 18.5 Å². The molecular weight excluding hydrogens is 388 g/mol. The van der Waals surface area contributed by atoms with Gasteiger partial charge in [-0.25, -0.2) is 9.59 Å². The molecule has 4 rings (SSSR count). The van der Waals surface area contributed by atoms with Gasteiger partial charge in [0.05, 0.1) is 18.9 Å². The highest BCUT2D eigenvalue weighted by molar-refractivity contribution is 5.90. The van der Waals surface area contributed by atoms with Crippen LogP contribution in [0.3, 0.4) is 0 Å². The van der Waals surface area contributed by atoms with E-state index in [4.69, 9.17) is 18.9 Å². The van der Waals surface area contributed by atoms with Crippen LogP contribution < -0.4 is 10.1 Å². The van der Waals surface area contributed by atoms with Crippen molar-refractivity contribution >= 4 is 28.9 Å². The van der Waals surface area contributed by atoms with E-state index in [9.17, 15) is 9.59 Å². The smallest absolute Gasteiger partial charge is 0.435 e. The Bertz CT molecular complexity index is 1080. The number of benzene rings is 2. The number of rotatable bonds is 5. The first kappa shape index (κ1) is 19.6. The number of fused-ring (bicyclic) bond motifs is 2. The Morgan fingerprint density at radius 1 is 0.933 bits per heavy atom. The van der Waals surface area contributed by atoms with Crippen LogP contribution in [0, 0.1) is 0 Å². The Kier molecular flexibility index (Phi) is 5.47. The number of aromatic nitrogens is 1. The molecule has 2 N–H and O–H groups in total. The van der Waals surface area contributed by atoms with E-state index in [0.29, 0.717) is 16.8 Å². The summed E-state index contributed by atoms with van der Waals surface area (Å²) < 4.78 is 21.1. The Labute approximate surface area is 173 Å². The fraction of sp³-hybridized carbons (Fsp3) is 0.273. The maximum Gasteiger partial charge on any atom is 0.513 e. The molecule has 0 amide bonds. The second-order valence-electron chi connectivity index (χ2n) is 6.63. The normalized spacial score (nSPS) is 17.1. The van der Waals surface area contributed by atoms with Crippen molar-refractivity contribution in [3.63, 3.8) is 0 Å². The number of anilines is 1. The largest absolute Gasteiger partial charge is 0.513 e. The summed E-state index contributed by atoms with van der Waals surface area (Å²) in [6, 6.07) is 14.4. The molecule has 0 saturated carbocycles. The minimum Gasteiger partial charge on any atom is -0.435 e. The number of ether oxygens (including phenoxy) is 4. The van der Waals surface area contributed by atoms with Crippen molar-refractivity contribution < 1.29 is 28.5 Å². The van der Waals surface area contributed by atoms with Gasteiger partial charge < -0.3 is 29.2 Å². The summed E-state index contributed by atoms with van der Waals surface area (Å²) in [7, 11) is 0. The molecule has 2 atom stereocenters. The molecule has 0 saturated heterocycles. The third kappa shape index (κ3) is 3.63. The first-order valence-corrected chi connectivity index (χ1v) is 9.76. The lowest BCUT2D eigenvalue weighted by Gasteiger charge is -2.20. The highest BCUT2D eigenvalue weighted by Crippen LogP contribution is 2.48. The summed E-state index contributed by atoms with van der Waals surface area (Å²) in [6.07, 6.45) is -2.25. The molecule has 8 heteroatoms. The van der Waals surface area contributed by atoms with E-state index in [2.05, 4.69) is 10.3 Å². The average molecular weight is 410 g/mol. The first-order chi connectivity index (χ1) is 14.6. The van der Waals surface area contributed by atoms with Gasteiger partial charge in [0, 0.05) is 22.2 Å². The number of carbonyl (C=O) groups excluding carboxylic acids is 2. The van der Waals surface area contributed by atoms with Gasteiger partial charge in [-0.05, 0) is 32.0 Å². The van der Waals surface area contributed by atoms with Gasteiger partial charge >= 0.3 is 12.3 Å². The number of nitrogens with one attached hydrogen (secondary N) is 2. The molecule has 30 heavy (non-hydrogen) atoms.